The van der Waals surface area contributed by atoms with Crippen molar-refractivity contribution in [3.05, 3.63) is 0 Å². The van der Waals surface area contributed by atoms with Gasteiger partial charge in [-0.2, -0.15) is 35.1 Å². The summed E-state index contributed by atoms with van der Waals surface area (Å²) in [6.45, 7) is -0.690. The molecule has 1 unspecified atom stereocenters. The standard InChI is InChI=1S/C6H3F10N/c1-2(7)3(8,9)4(10,11)5(12,13)6(14,15)17(2)16/h1H3. The molecule has 0 N–H and O–H groups in total. The number of hydrogen-bond donors (Lipinski definition) is 0. The van der Waals surface area contributed by atoms with Crippen LogP contribution >= 0.6 is 0 Å². The van der Waals surface area contributed by atoms with Crippen molar-refractivity contribution in [3.8, 4) is 0 Å². The molecule has 0 aromatic carbocycles. The lowest BCUT2D eigenvalue weighted by molar-refractivity contribution is -0.511. The van der Waals surface area contributed by atoms with Gasteiger partial charge >= 0.3 is 23.8 Å². The second-order valence-electron chi connectivity index (χ2n) is 3.50. The molecule has 1 heterocycles. The van der Waals surface area contributed by atoms with Gasteiger partial charge < -0.3 is 0 Å². The summed E-state index contributed by atoms with van der Waals surface area (Å²) in [6, 6.07) is -6.41. The van der Waals surface area contributed by atoms with Crippen molar-refractivity contribution in [2.45, 2.75) is 36.5 Å². The zero-order valence-electron chi connectivity index (χ0n) is 7.73. The van der Waals surface area contributed by atoms with Gasteiger partial charge in [0.2, 0.25) is 0 Å². The maximum atomic E-state index is 12.9. The molecule has 1 saturated heterocycles. The molecule has 1 aliphatic rings. The van der Waals surface area contributed by atoms with Crippen molar-refractivity contribution in [1.29, 1.82) is 0 Å². The van der Waals surface area contributed by atoms with Crippen molar-refractivity contribution in [1.82, 2.24) is 5.12 Å². The van der Waals surface area contributed by atoms with Crippen LogP contribution in [0.5, 0.6) is 0 Å². The second-order valence-corrected chi connectivity index (χ2v) is 3.50. The van der Waals surface area contributed by atoms with Crippen LogP contribution in [0.15, 0.2) is 0 Å². The lowest BCUT2D eigenvalue weighted by Gasteiger charge is -2.49. The normalized spacial score (nSPS) is 39.0. The molecule has 17 heavy (non-hydrogen) atoms. The highest BCUT2D eigenvalue weighted by Crippen LogP contribution is 2.63. The molecule has 1 fully saturated rings. The fraction of sp³-hybridized carbons (Fsp3) is 1.00. The first-order valence-electron chi connectivity index (χ1n) is 3.82. The lowest BCUT2D eigenvalue weighted by atomic mass is 9.90. The van der Waals surface area contributed by atoms with Crippen LogP contribution in [0, 0.1) is 0 Å². The molecule has 11 heteroatoms. The number of piperidine rings is 1. The van der Waals surface area contributed by atoms with E-state index in [0.29, 0.717) is 0 Å². The summed E-state index contributed by atoms with van der Waals surface area (Å²) in [7, 11) is 0. The van der Waals surface area contributed by atoms with Crippen LogP contribution in [0.2, 0.25) is 0 Å². The van der Waals surface area contributed by atoms with E-state index in [4.69, 9.17) is 0 Å². The van der Waals surface area contributed by atoms with Crippen molar-refractivity contribution in [2.24, 2.45) is 0 Å². The minimum Gasteiger partial charge on any atom is -0.217 e. The molecule has 1 atom stereocenters. The van der Waals surface area contributed by atoms with E-state index >= 15 is 0 Å². The van der Waals surface area contributed by atoms with Gasteiger partial charge in [0.05, 0.1) is 0 Å². The summed E-state index contributed by atoms with van der Waals surface area (Å²) in [5.41, 5.74) is 0. The van der Waals surface area contributed by atoms with Gasteiger partial charge in [-0.25, -0.2) is 4.39 Å². The van der Waals surface area contributed by atoms with Gasteiger partial charge in [0, 0.05) is 0 Å². The predicted octanol–water partition coefficient (Wildman–Crippen LogP) is 3.37. The lowest BCUT2D eigenvalue weighted by Crippen LogP contribution is -2.80. The molecular formula is C6H3F10N. The highest BCUT2D eigenvalue weighted by atomic mass is 19.4. The maximum absolute atomic E-state index is 12.9. The van der Waals surface area contributed by atoms with Gasteiger partial charge in [-0.15, -0.1) is 4.48 Å². The van der Waals surface area contributed by atoms with E-state index in [-0.39, 0.29) is 0 Å². The summed E-state index contributed by atoms with van der Waals surface area (Å²) in [6.07, 6.45) is 0. The molecule has 0 radical (unpaired) electrons. The van der Waals surface area contributed by atoms with Crippen LogP contribution in [-0.2, 0) is 0 Å². The van der Waals surface area contributed by atoms with Gasteiger partial charge in [-0.05, 0) is 12.0 Å². The fourth-order valence-corrected chi connectivity index (χ4v) is 1.18. The Labute approximate surface area is 86.9 Å². The Balaban J connectivity index is 3.56. The number of hydrogen-bond acceptors (Lipinski definition) is 1. The van der Waals surface area contributed by atoms with Gasteiger partial charge in [-0.3, -0.25) is 0 Å². The third-order valence-corrected chi connectivity index (χ3v) is 2.35. The highest BCUT2D eigenvalue weighted by Gasteiger charge is 2.93. The Hall–Kier alpha value is -0.740. The molecule has 0 amide bonds. The van der Waals surface area contributed by atoms with E-state index in [0.717, 1.165) is 0 Å². The Morgan fingerprint density at radius 2 is 1.00 bits per heavy atom. The van der Waals surface area contributed by atoms with Crippen molar-refractivity contribution in [2.75, 3.05) is 0 Å². The van der Waals surface area contributed by atoms with Crippen molar-refractivity contribution in [3.63, 3.8) is 0 Å². The number of alkyl halides is 9. The summed E-state index contributed by atoms with van der Waals surface area (Å²) in [5, 5.41) is -2.89. The van der Waals surface area contributed by atoms with Crippen LogP contribution in [0.3, 0.4) is 0 Å². The minimum atomic E-state index is -6.77. The van der Waals surface area contributed by atoms with E-state index in [1.54, 1.807) is 0 Å². The van der Waals surface area contributed by atoms with Crippen LogP contribution in [0.4, 0.5) is 44.0 Å². The molecule has 0 aromatic rings. The largest absolute Gasteiger partial charge is 0.402 e. The predicted molar refractivity (Wildman–Crippen MR) is 32.2 cm³/mol. The van der Waals surface area contributed by atoms with E-state index in [1.165, 1.54) is 0 Å². The average molecular weight is 279 g/mol. The molecule has 0 spiro atoms. The smallest absolute Gasteiger partial charge is 0.217 e. The molecular weight excluding hydrogens is 276 g/mol. The molecule has 0 saturated carbocycles. The van der Waals surface area contributed by atoms with Crippen molar-refractivity contribution >= 4 is 0 Å². The summed E-state index contributed by atoms with van der Waals surface area (Å²) < 4.78 is 125. The van der Waals surface area contributed by atoms with E-state index in [1.807, 2.05) is 0 Å². The topological polar surface area (TPSA) is 3.24 Å². The Morgan fingerprint density at radius 1 is 0.647 bits per heavy atom. The van der Waals surface area contributed by atoms with E-state index in [9.17, 15) is 44.0 Å². The molecule has 0 aliphatic carbocycles. The van der Waals surface area contributed by atoms with Gasteiger partial charge in [-0.1, -0.05) is 0 Å². The quantitative estimate of drug-likeness (QED) is 0.373. The molecule has 0 bridgehead atoms. The molecule has 0 aromatic heterocycles. The van der Waals surface area contributed by atoms with E-state index < -0.39 is 41.7 Å². The Kier molecular flexibility index (Phi) is 2.51. The Bertz CT molecular complexity index is 304. The summed E-state index contributed by atoms with van der Waals surface area (Å²) in [5.74, 6) is -25.2. The monoisotopic (exact) mass is 279 g/mol. The first-order valence-corrected chi connectivity index (χ1v) is 3.82. The molecule has 1 aliphatic heterocycles. The van der Waals surface area contributed by atoms with Gasteiger partial charge in [0.15, 0.2) is 0 Å². The second kappa shape index (κ2) is 2.98. The zero-order chi connectivity index (χ0) is 14.1. The maximum Gasteiger partial charge on any atom is 0.402 e. The summed E-state index contributed by atoms with van der Waals surface area (Å²) in [4.78, 5) is 0. The number of halogens is 10. The van der Waals surface area contributed by atoms with Gasteiger partial charge in [0.25, 0.3) is 5.79 Å². The highest BCUT2D eigenvalue weighted by molar-refractivity contribution is 5.14. The summed E-state index contributed by atoms with van der Waals surface area (Å²) >= 11 is 0. The van der Waals surface area contributed by atoms with E-state index in [2.05, 4.69) is 0 Å². The molecule has 1 rings (SSSR count). The molecule has 1 nitrogen and oxygen atoms in total. The SMILES string of the molecule is CC1(F)N(F)C(F)(F)C(F)(F)C(F)(F)C1(F)F. The van der Waals surface area contributed by atoms with Crippen LogP contribution < -0.4 is 0 Å². The number of nitrogens with zero attached hydrogens (tertiary/aromatic N) is 1. The molecule has 102 valence electrons. The third-order valence-electron chi connectivity index (χ3n) is 2.35. The van der Waals surface area contributed by atoms with Crippen LogP contribution in [0.25, 0.3) is 0 Å². The Morgan fingerprint density at radius 3 is 1.35 bits per heavy atom. The van der Waals surface area contributed by atoms with Crippen LogP contribution in [-0.4, -0.2) is 34.7 Å². The first kappa shape index (κ1) is 14.3. The number of rotatable bonds is 0. The average Bonchev–Trinajstić information content (AvgIpc) is 2.13. The minimum absolute atomic E-state index is 0.690. The first-order chi connectivity index (χ1) is 7.15. The van der Waals surface area contributed by atoms with Crippen LogP contribution in [0.1, 0.15) is 6.92 Å². The van der Waals surface area contributed by atoms with Crippen molar-refractivity contribution < 1.29 is 44.0 Å². The third kappa shape index (κ3) is 1.20. The zero-order valence-corrected chi connectivity index (χ0v) is 7.73. The fourth-order valence-electron chi connectivity index (χ4n) is 1.18. The van der Waals surface area contributed by atoms with Gasteiger partial charge in [0.1, 0.15) is 0 Å².